The zero-order valence-corrected chi connectivity index (χ0v) is 18.9. The third kappa shape index (κ3) is 6.03. The monoisotopic (exact) mass is 468 g/mol. The Bertz CT molecular complexity index is 921. The van der Waals surface area contributed by atoms with Gasteiger partial charge in [-0.2, -0.15) is 13.2 Å². The number of nitrogens with one attached hydrogen (secondary N) is 1. The van der Waals surface area contributed by atoms with E-state index < -0.39 is 24.0 Å². The van der Waals surface area contributed by atoms with Crippen molar-refractivity contribution in [1.82, 2.24) is 10.2 Å². The molecule has 1 aliphatic rings. The second kappa shape index (κ2) is 10.4. The van der Waals surface area contributed by atoms with Gasteiger partial charge >= 0.3 is 12.1 Å². The molecule has 2 amide bonds. The molecule has 5 nitrogen and oxygen atoms in total. The standard InChI is InChI=1S/C23H27F3N2O3S/c1-15-8-13-19(32-15)20(21(29)27-17-6-4-3-5-7-17)28(22(30)23(24,25)26)14-16-9-11-18(31-2)12-10-16/h8-13,17,20H,3-7,14H2,1-2H3,(H,27,29). The number of aryl methyl sites for hydroxylation is 1. The Kier molecular flexibility index (Phi) is 7.82. The van der Waals surface area contributed by atoms with Gasteiger partial charge in [0.15, 0.2) is 0 Å². The third-order valence-electron chi connectivity index (χ3n) is 5.56. The number of nitrogens with zero attached hydrogens (tertiary/aromatic N) is 1. The highest BCUT2D eigenvalue weighted by Gasteiger charge is 2.47. The number of hydrogen-bond acceptors (Lipinski definition) is 4. The number of thiophene rings is 1. The maximum absolute atomic E-state index is 13.6. The molecule has 174 valence electrons. The average molecular weight is 469 g/mol. The smallest absolute Gasteiger partial charge is 0.471 e. The van der Waals surface area contributed by atoms with Crippen molar-refractivity contribution in [2.75, 3.05) is 7.11 Å². The molecule has 1 aliphatic carbocycles. The average Bonchev–Trinajstić information content (AvgIpc) is 3.19. The number of hydrogen-bond donors (Lipinski definition) is 1. The SMILES string of the molecule is COc1ccc(CN(C(=O)C(F)(F)F)C(C(=O)NC2CCCCC2)c2ccc(C)s2)cc1. The van der Waals surface area contributed by atoms with Gasteiger partial charge in [0.05, 0.1) is 7.11 Å². The van der Waals surface area contributed by atoms with Gasteiger partial charge in [-0.25, -0.2) is 0 Å². The second-order valence-electron chi connectivity index (χ2n) is 7.97. The van der Waals surface area contributed by atoms with Gasteiger partial charge in [0.25, 0.3) is 0 Å². The Balaban J connectivity index is 1.96. The molecule has 1 unspecified atom stereocenters. The van der Waals surface area contributed by atoms with Crippen LogP contribution < -0.4 is 10.1 Å². The van der Waals surface area contributed by atoms with Gasteiger partial charge in [-0.3, -0.25) is 9.59 Å². The van der Waals surface area contributed by atoms with E-state index in [1.807, 2.05) is 6.92 Å². The van der Waals surface area contributed by atoms with Crippen LogP contribution in [0.25, 0.3) is 0 Å². The van der Waals surface area contributed by atoms with Crippen LogP contribution in [0.5, 0.6) is 5.75 Å². The summed E-state index contributed by atoms with van der Waals surface area (Å²) in [5.41, 5.74) is 0.465. The lowest BCUT2D eigenvalue weighted by Crippen LogP contribution is -2.49. The lowest BCUT2D eigenvalue weighted by atomic mass is 9.95. The molecular weight excluding hydrogens is 441 g/mol. The Morgan fingerprint density at radius 3 is 2.31 bits per heavy atom. The molecule has 3 rings (SSSR count). The fraction of sp³-hybridized carbons (Fsp3) is 0.478. The number of benzene rings is 1. The van der Waals surface area contributed by atoms with Crippen molar-refractivity contribution in [2.24, 2.45) is 0 Å². The third-order valence-corrected chi connectivity index (χ3v) is 6.61. The Hall–Kier alpha value is -2.55. The van der Waals surface area contributed by atoms with E-state index >= 15 is 0 Å². The van der Waals surface area contributed by atoms with Crippen LogP contribution in [-0.4, -0.2) is 36.0 Å². The molecule has 0 radical (unpaired) electrons. The van der Waals surface area contributed by atoms with E-state index in [0.717, 1.165) is 37.0 Å². The summed E-state index contributed by atoms with van der Waals surface area (Å²) in [6, 6.07) is 8.29. The summed E-state index contributed by atoms with van der Waals surface area (Å²) < 4.78 is 45.8. The lowest BCUT2D eigenvalue weighted by Gasteiger charge is -2.33. The van der Waals surface area contributed by atoms with E-state index in [9.17, 15) is 22.8 Å². The van der Waals surface area contributed by atoms with Crippen LogP contribution in [0, 0.1) is 6.92 Å². The minimum Gasteiger partial charge on any atom is -0.497 e. The quantitative estimate of drug-likeness (QED) is 0.612. The number of carbonyl (C=O) groups is 2. The molecule has 32 heavy (non-hydrogen) atoms. The minimum absolute atomic E-state index is 0.0939. The zero-order chi connectivity index (χ0) is 23.3. The molecule has 1 N–H and O–H groups in total. The summed E-state index contributed by atoms with van der Waals surface area (Å²) >= 11 is 1.22. The van der Waals surface area contributed by atoms with Crippen LogP contribution in [0.4, 0.5) is 13.2 Å². The largest absolute Gasteiger partial charge is 0.497 e. The van der Waals surface area contributed by atoms with Gasteiger partial charge in [0.2, 0.25) is 5.91 Å². The maximum atomic E-state index is 13.6. The number of amides is 2. The predicted molar refractivity (Wildman–Crippen MR) is 116 cm³/mol. The first-order valence-corrected chi connectivity index (χ1v) is 11.4. The first kappa shape index (κ1) is 24.1. The molecule has 9 heteroatoms. The van der Waals surface area contributed by atoms with Crippen molar-refractivity contribution in [3.8, 4) is 5.75 Å². The molecule has 1 heterocycles. The van der Waals surface area contributed by atoms with Crippen molar-refractivity contribution >= 4 is 23.2 Å². The number of methoxy groups -OCH3 is 1. The first-order valence-electron chi connectivity index (χ1n) is 10.6. The molecule has 0 spiro atoms. The van der Waals surface area contributed by atoms with Gasteiger partial charge in [-0.05, 0) is 49.6 Å². The van der Waals surface area contributed by atoms with Crippen LogP contribution in [0.1, 0.15) is 53.5 Å². The molecular formula is C23H27F3N2O3S. The number of halogens is 3. The maximum Gasteiger partial charge on any atom is 0.471 e. The number of rotatable bonds is 7. The van der Waals surface area contributed by atoms with Crippen molar-refractivity contribution in [3.05, 3.63) is 51.7 Å². The number of ether oxygens (including phenoxy) is 1. The van der Waals surface area contributed by atoms with Crippen molar-refractivity contribution in [1.29, 1.82) is 0 Å². The number of carbonyl (C=O) groups excluding carboxylic acids is 2. The zero-order valence-electron chi connectivity index (χ0n) is 18.1. The molecule has 1 saturated carbocycles. The predicted octanol–water partition coefficient (Wildman–Crippen LogP) is 5.15. The number of alkyl halides is 3. The van der Waals surface area contributed by atoms with E-state index in [-0.39, 0.29) is 12.6 Å². The van der Waals surface area contributed by atoms with Crippen molar-refractivity contribution in [2.45, 2.75) is 63.8 Å². The molecule has 0 aliphatic heterocycles. The van der Waals surface area contributed by atoms with Crippen LogP contribution in [0.2, 0.25) is 0 Å². The molecule has 1 atom stereocenters. The van der Waals surface area contributed by atoms with Crippen LogP contribution >= 0.6 is 11.3 Å². The summed E-state index contributed by atoms with van der Waals surface area (Å²) in [5, 5.41) is 2.90. The lowest BCUT2D eigenvalue weighted by molar-refractivity contribution is -0.189. The highest BCUT2D eigenvalue weighted by molar-refractivity contribution is 7.12. The highest BCUT2D eigenvalue weighted by Crippen LogP contribution is 2.33. The van der Waals surface area contributed by atoms with Crippen molar-refractivity contribution in [3.63, 3.8) is 0 Å². The van der Waals surface area contributed by atoms with E-state index in [0.29, 0.717) is 21.1 Å². The summed E-state index contributed by atoms with van der Waals surface area (Å²) in [6.07, 6.45) is -0.533. The molecule has 1 fully saturated rings. The van der Waals surface area contributed by atoms with Gasteiger partial charge in [0.1, 0.15) is 11.8 Å². The summed E-state index contributed by atoms with van der Waals surface area (Å²) in [5.74, 6) is -2.07. The molecule has 0 bridgehead atoms. The first-order chi connectivity index (χ1) is 15.2. The normalized spacial score (nSPS) is 15.8. The molecule has 0 saturated heterocycles. The van der Waals surface area contributed by atoms with Crippen LogP contribution in [-0.2, 0) is 16.1 Å². The van der Waals surface area contributed by atoms with E-state index in [2.05, 4.69) is 5.32 Å². The van der Waals surface area contributed by atoms with Crippen LogP contribution in [0.3, 0.4) is 0 Å². The van der Waals surface area contributed by atoms with Crippen molar-refractivity contribution < 1.29 is 27.5 Å². The topological polar surface area (TPSA) is 58.6 Å². The summed E-state index contributed by atoms with van der Waals surface area (Å²) in [6.45, 7) is 1.45. The molecule has 1 aromatic heterocycles. The fourth-order valence-corrected chi connectivity index (χ4v) is 4.91. The van der Waals surface area contributed by atoms with E-state index in [1.54, 1.807) is 36.4 Å². The Morgan fingerprint density at radius 2 is 1.78 bits per heavy atom. The minimum atomic E-state index is -5.11. The summed E-state index contributed by atoms with van der Waals surface area (Å²) in [4.78, 5) is 27.7. The highest BCUT2D eigenvalue weighted by atomic mass is 32.1. The van der Waals surface area contributed by atoms with Gasteiger partial charge < -0.3 is 15.0 Å². The van der Waals surface area contributed by atoms with E-state index in [4.69, 9.17) is 4.74 Å². The van der Waals surface area contributed by atoms with Gasteiger partial charge in [-0.1, -0.05) is 31.4 Å². The second-order valence-corrected chi connectivity index (χ2v) is 9.29. The fourth-order valence-electron chi connectivity index (χ4n) is 3.92. The summed E-state index contributed by atoms with van der Waals surface area (Å²) in [7, 11) is 1.49. The molecule has 2 aromatic rings. The van der Waals surface area contributed by atoms with Gasteiger partial charge in [-0.15, -0.1) is 11.3 Å². The Morgan fingerprint density at radius 1 is 1.12 bits per heavy atom. The van der Waals surface area contributed by atoms with Gasteiger partial charge in [0, 0.05) is 22.3 Å². The molecule has 1 aromatic carbocycles. The van der Waals surface area contributed by atoms with E-state index in [1.165, 1.54) is 18.4 Å². The Labute approximate surface area is 189 Å². The van der Waals surface area contributed by atoms with Crippen LogP contribution in [0.15, 0.2) is 36.4 Å².